The molecule has 0 fully saturated rings. The zero-order chi connectivity index (χ0) is 14.5. The Morgan fingerprint density at radius 1 is 1.15 bits per heavy atom. The number of aryl methyl sites for hydroxylation is 1. The lowest BCUT2D eigenvalue weighted by molar-refractivity contribution is 0.103. The summed E-state index contributed by atoms with van der Waals surface area (Å²) >= 11 is 0. The van der Waals surface area contributed by atoms with Crippen LogP contribution in [0.1, 0.15) is 28.4 Å². The maximum absolute atomic E-state index is 12.6. The lowest BCUT2D eigenvalue weighted by Crippen LogP contribution is -2.04. The summed E-state index contributed by atoms with van der Waals surface area (Å²) < 4.78 is 10.7. The summed E-state index contributed by atoms with van der Waals surface area (Å²) in [6.45, 7) is 4.45. The molecule has 0 spiro atoms. The van der Waals surface area contributed by atoms with Gasteiger partial charge in [-0.15, -0.1) is 0 Å². The van der Waals surface area contributed by atoms with Gasteiger partial charge in [-0.3, -0.25) is 4.79 Å². The molecule has 0 saturated carbocycles. The molecule has 0 bridgehead atoms. The Morgan fingerprint density at radius 3 is 2.65 bits per heavy atom. The highest BCUT2D eigenvalue weighted by molar-refractivity contribution is 6.10. The standard InChI is InChI=1S/C17H18O3/c1-4-20-14-7-5-6-13(11-14)17(18)15-9-8-12(2)10-16(15)19-3/h5-11H,4H2,1-3H3. The van der Waals surface area contributed by atoms with Gasteiger partial charge < -0.3 is 9.47 Å². The molecule has 0 atom stereocenters. The summed E-state index contributed by atoms with van der Waals surface area (Å²) in [6, 6.07) is 12.8. The van der Waals surface area contributed by atoms with Gasteiger partial charge in [0.2, 0.25) is 0 Å². The van der Waals surface area contributed by atoms with E-state index in [1.807, 2.05) is 38.1 Å². The predicted octanol–water partition coefficient (Wildman–Crippen LogP) is 3.63. The Kier molecular flexibility index (Phi) is 4.41. The first kappa shape index (κ1) is 14.1. The van der Waals surface area contributed by atoms with Crippen LogP contribution in [0.4, 0.5) is 0 Å². The van der Waals surface area contributed by atoms with Crippen molar-refractivity contribution in [2.45, 2.75) is 13.8 Å². The highest BCUT2D eigenvalue weighted by Gasteiger charge is 2.15. The van der Waals surface area contributed by atoms with Gasteiger partial charge in [0.25, 0.3) is 0 Å². The molecule has 0 aliphatic heterocycles. The van der Waals surface area contributed by atoms with Crippen molar-refractivity contribution in [3.8, 4) is 11.5 Å². The van der Waals surface area contributed by atoms with E-state index in [0.717, 1.165) is 5.56 Å². The number of ketones is 1. The van der Waals surface area contributed by atoms with Crippen LogP contribution in [-0.2, 0) is 0 Å². The van der Waals surface area contributed by atoms with Crippen LogP contribution in [-0.4, -0.2) is 19.5 Å². The molecule has 0 saturated heterocycles. The van der Waals surface area contributed by atoms with Gasteiger partial charge in [-0.1, -0.05) is 18.2 Å². The number of hydrogen-bond donors (Lipinski definition) is 0. The van der Waals surface area contributed by atoms with Gasteiger partial charge in [-0.25, -0.2) is 0 Å². The molecule has 0 radical (unpaired) electrons. The Labute approximate surface area is 119 Å². The number of benzene rings is 2. The highest BCUT2D eigenvalue weighted by Crippen LogP contribution is 2.24. The summed E-state index contributed by atoms with van der Waals surface area (Å²) in [5.41, 5.74) is 2.21. The van der Waals surface area contributed by atoms with Crippen molar-refractivity contribution in [2.75, 3.05) is 13.7 Å². The van der Waals surface area contributed by atoms with Gasteiger partial charge in [0.05, 0.1) is 19.3 Å². The Balaban J connectivity index is 2.38. The maximum Gasteiger partial charge on any atom is 0.196 e. The minimum atomic E-state index is -0.0663. The summed E-state index contributed by atoms with van der Waals surface area (Å²) in [7, 11) is 1.57. The molecule has 0 amide bonds. The first-order valence-corrected chi connectivity index (χ1v) is 6.58. The molecule has 104 valence electrons. The van der Waals surface area contributed by atoms with Crippen LogP contribution in [0.25, 0.3) is 0 Å². The topological polar surface area (TPSA) is 35.5 Å². The molecule has 0 unspecified atom stereocenters. The fraction of sp³-hybridized carbons (Fsp3) is 0.235. The van der Waals surface area contributed by atoms with E-state index in [1.165, 1.54) is 0 Å². The van der Waals surface area contributed by atoms with Crippen molar-refractivity contribution in [1.82, 2.24) is 0 Å². The van der Waals surface area contributed by atoms with E-state index in [4.69, 9.17) is 9.47 Å². The van der Waals surface area contributed by atoms with Crippen molar-refractivity contribution in [2.24, 2.45) is 0 Å². The third-order valence-electron chi connectivity index (χ3n) is 3.01. The van der Waals surface area contributed by atoms with Crippen LogP contribution < -0.4 is 9.47 Å². The van der Waals surface area contributed by atoms with E-state index in [0.29, 0.717) is 29.2 Å². The van der Waals surface area contributed by atoms with Crippen molar-refractivity contribution >= 4 is 5.78 Å². The average Bonchev–Trinajstić information content (AvgIpc) is 2.47. The average molecular weight is 270 g/mol. The number of carbonyl (C=O) groups is 1. The maximum atomic E-state index is 12.6. The Hall–Kier alpha value is -2.29. The zero-order valence-electron chi connectivity index (χ0n) is 12.0. The van der Waals surface area contributed by atoms with Gasteiger partial charge >= 0.3 is 0 Å². The molecule has 0 aromatic heterocycles. The van der Waals surface area contributed by atoms with Gasteiger partial charge in [0.1, 0.15) is 11.5 Å². The van der Waals surface area contributed by atoms with Gasteiger partial charge in [0.15, 0.2) is 5.78 Å². The molecule has 0 aliphatic rings. The van der Waals surface area contributed by atoms with E-state index < -0.39 is 0 Å². The van der Waals surface area contributed by atoms with Crippen molar-refractivity contribution in [3.05, 3.63) is 59.2 Å². The number of ether oxygens (including phenoxy) is 2. The lowest BCUT2D eigenvalue weighted by Gasteiger charge is -2.10. The summed E-state index contributed by atoms with van der Waals surface area (Å²) in [5.74, 6) is 1.23. The van der Waals surface area contributed by atoms with E-state index in [1.54, 1.807) is 25.3 Å². The minimum absolute atomic E-state index is 0.0663. The molecule has 20 heavy (non-hydrogen) atoms. The lowest BCUT2D eigenvalue weighted by atomic mass is 10.0. The molecular weight excluding hydrogens is 252 g/mol. The summed E-state index contributed by atoms with van der Waals surface area (Å²) in [4.78, 5) is 12.6. The third kappa shape index (κ3) is 2.99. The van der Waals surface area contributed by atoms with Crippen molar-refractivity contribution in [1.29, 1.82) is 0 Å². The summed E-state index contributed by atoms with van der Waals surface area (Å²) in [6.07, 6.45) is 0. The van der Waals surface area contributed by atoms with Gasteiger partial charge in [-0.2, -0.15) is 0 Å². The second kappa shape index (κ2) is 6.24. The molecule has 3 nitrogen and oxygen atoms in total. The molecule has 0 aliphatic carbocycles. The molecular formula is C17H18O3. The van der Waals surface area contributed by atoms with Crippen LogP contribution in [0, 0.1) is 6.92 Å². The van der Waals surface area contributed by atoms with E-state index in [-0.39, 0.29) is 5.78 Å². The van der Waals surface area contributed by atoms with E-state index in [2.05, 4.69) is 0 Å². The van der Waals surface area contributed by atoms with Crippen molar-refractivity contribution < 1.29 is 14.3 Å². The number of methoxy groups -OCH3 is 1. The fourth-order valence-corrected chi connectivity index (χ4v) is 2.04. The van der Waals surface area contributed by atoms with Crippen LogP contribution in [0.3, 0.4) is 0 Å². The van der Waals surface area contributed by atoms with Crippen LogP contribution in [0.15, 0.2) is 42.5 Å². The number of carbonyl (C=O) groups excluding carboxylic acids is 1. The van der Waals surface area contributed by atoms with Crippen molar-refractivity contribution in [3.63, 3.8) is 0 Å². The monoisotopic (exact) mass is 270 g/mol. The van der Waals surface area contributed by atoms with Crippen LogP contribution in [0.2, 0.25) is 0 Å². The largest absolute Gasteiger partial charge is 0.496 e. The molecule has 0 heterocycles. The Bertz CT molecular complexity index is 617. The fourth-order valence-electron chi connectivity index (χ4n) is 2.04. The van der Waals surface area contributed by atoms with Crippen LogP contribution >= 0.6 is 0 Å². The molecule has 2 aromatic carbocycles. The molecule has 0 N–H and O–H groups in total. The third-order valence-corrected chi connectivity index (χ3v) is 3.01. The predicted molar refractivity (Wildman–Crippen MR) is 78.8 cm³/mol. The molecule has 2 aromatic rings. The highest BCUT2D eigenvalue weighted by atomic mass is 16.5. The van der Waals surface area contributed by atoms with Gasteiger partial charge in [-0.05, 0) is 43.7 Å². The number of hydrogen-bond acceptors (Lipinski definition) is 3. The van der Waals surface area contributed by atoms with Gasteiger partial charge in [0, 0.05) is 5.56 Å². The minimum Gasteiger partial charge on any atom is -0.496 e. The molecule has 2 rings (SSSR count). The van der Waals surface area contributed by atoms with E-state index in [9.17, 15) is 4.79 Å². The second-order valence-corrected chi connectivity index (χ2v) is 4.49. The SMILES string of the molecule is CCOc1cccc(C(=O)c2ccc(C)cc2OC)c1. The smallest absolute Gasteiger partial charge is 0.196 e. The van der Waals surface area contributed by atoms with Crippen LogP contribution in [0.5, 0.6) is 11.5 Å². The first-order chi connectivity index (χ1) is 9.65. The quantitative estimate of drug-likeness (QED) is 0.778. The summed E-state index contributed by atoms with van der Waals surface area (Å²) in [5, 5.41) is 0. The Morgan fingerprint density at radius 2 is 1.95 bits per heavy atom. The normalized spacial score (nSPS) is 10.2. The number of rotatable bonds is 5. The first-order valence-electron chi connectivity index (χ1n) is 6.58. The second-order valence-electron chi connectivity index (χ2n) is 4.49. The molecule has 3 heteroatoms. The van der Waals surface area contributed by atoms with E-state index >= 15 is 0 Å². The zero-order valence-corrected chi connectivity index (χ0v) is 12.0.